The van der Waals surface area contributed by atoms with Crippen molar-refractivity contribution in [1.82, 2.24) is 9.97 Å². The number of aromatic nitrogens is 2. The molecule has 0 aliphatic carbocycles. The standard InChI is InChI=1S/C8H11N3O2/c1-6-5-7(3-4-9-12)11-8(10-6)13-2/h4-5,12H,3H2,1-2H3/b9-4-. The molecule has 0 bridgehead atoms. The largest absolute Gasteiger partial charge is 0.467 e. The molecule has 5 heteroatoms. The molecular formula is C8H11N3O2. The molecular weight excluding hydrogens is 170 g/mol. The predicted molar refractivity (Wildman–Crippen MR) is 47.3 cm³/mol. The predicted octanol–water partition coefficient (Wildman–Crippen LogP) is 0.796. The van der Waals surface area contributed by atoms with Crippen molar-refractivity contribution in [3.8, 4) is 6.01 Å². The van der Waals surface area contributed by atoms with Gasteiger partial charge in [0.25, 0.3) is 0 Å². The molecule has 1 heterocycles. The van der Waals surface area contributed by atoms with Gasteiger partial charge in [0, 0.05) is 18.3 Å². The molecule has 0 radical (unpaired) electrons. The van der Waals surface area contributed by atoms with Gasteiger partial charge in [-0.2, -0.15) is 4.98 Å². The minimum Gasteiger partial charge on any atom is -0.467 e. The molecule has 0 atom stereocenters. The quantitative estimate of drug-likeness (QED) is 0.425. The molecule has 1 N–H and O–H groups in total. The summed E-state index contributed by atoms with van der Waals surface area (Å²) in [6, 6.07) is 2.14. The van der Waals surface area contributed by atoms with E-state index in [0.717, 1.165) is 11.4 Å². The molecule has 0 unspecified atom stereocenters. The number of oxime groups is 1. The highest BCUT2D eigenvalue weighted by Crippen LogP contribution is 2.05. The Hall–Kier alpha value is -1.65. The maximum atomic E-state index is 8.22. The number of rotatable bonds is 3. The lowest BCUT2D eigenvalue weighted by atomic mass is 10.3. The number of hydrogen-bond acceptors (Lipinski definition) is 5. The zero-order valence-corrected chi connectivity index (χ0v) is 7.56. The van der Waals surface area contributed by atoms with Crippen LogP contribution in [0, 0.1) is 6.92 Å². The first-order valence-electron chi connectivity index (χ1n) is 3.80. The van der Waals surface area contributed by atoms with E-state index < -0.39 is 0 Å². The molecule has 0 aliphatic rings. The number of methoxy groups -OCH3 is 1. The summed E-state index contributed by atoms with van der Waals surface area (Å²) in [6.45, 7) is 1.85. The van der Waals surface area contributed by atoms with Crippen molar-refractivity contribution >= 4 is 6.21 Å². The monoisotopic (exact) mass is 181 g/mol. The number of ether oxygens (including phenoxy) is 1. The van der Waals surface area contributed by atoms with E-state index in [4.69, 9.17) is 9.94 Å². The molecule has 1 aromatic rings. The Kier molecular flexibility index (Phi) is 3.19. The first kappa shape index (κ1) is 9.44. The summed E-state index contributed by atoms with van der Waals surface area (Å²) >= 11 is 0. The Bertz CT molecular complexity index is 312. The van der Waals surface area contributed by atoms with E-state index in [9.17, 15) is 0 Å². The van der Waals surface area contributed by atoms with Gasteiger partial charge >= 0.3 is 6.01 Å². The van der Waals surface area contributed by atoms with Gasteiger partial charge in [-0.1, -0.05) is 0 Å². The fraction of sp³-hybridized carbons (Fsp3) is 0.375. The van der Waals surface area contributed by atoms with Gasteiger partial charge in [0.2, 0.25) is 0 Å². The molecule has 1 aromatic heterocycles. The van der Waals surface area contributed by atoms with Crippen LogP contribution in [0.15, 0.2) is 11.2 Å². The molecule has 0 amide bonds. The van der Waals surface area contributed by atoms with Crippen molar-refractivity contribution in [1.29, 1.82) is 0 Å². The third-order valence-electron chi connectivity index (χ3n) is 1.45. The molecule has 0 spiro atoms. The molecule has 0 aliphatic heterocycles. The lowest BCUT2D eigenvalue weighted by Crippen LogP contribution is -1.99. The summed E-state index contributed by atoms with van der Waals surface area (Å²) in [5, 5.41) is 11.1. The third kappa shape index (κ3) is 2.70. The second-order valence-corrected chi connectivity index (χ2v) is 2.49. The molecule has 13 heavy (non-hydrogen) atoms. The maximum Gasteiger partial charge on any atom is 0.316 e. The van der Waals surface area contributed by atoms with Crippen molar-refractivity contribution in [3.05, 3.63) is 17.5 Å². The van der Waals surface area contributed by atoms with E-state index in [1.807, 2.05) is 13.0 Å². The first-order valence-corrected chi connectivity index (χ1v) is 3.80. The topological polar surface area (TPSA) is 67.6 Å². The zero-order valence-electron chi connectivity index (χ0n) is 7.56. The summed E-state index contributed by atoms with van der Waals surface area (Å²) in [7, 11) is 1.51. The molecule has 0 aromatic carbocycles. The van der Waals surface area contributed by atoms with Gasteiger partial charge in [-0.25, -0.2) is 4.98 Å². The Morgan fingerprint density at radius 2 is 2.38 bits per heavy atom. The van der Waals surface area contributed by atoms with Crippen LogP contribution in [-0.2, 0) is 6.42 Å². The Labute approximate surface area is 76.1 Å². The lowest BCUT2D eigenvalue weighted by molar-refractivity contribution is 0.320. The van der Waals surface area contributed by atoms with Gasteiger partial charge in [-0.05, 0) is 13.0 Å². The van der Waals surface area contributed by atoms with Crippen LogP contribution < -0.4 is 4.74 Å². The summed E-state index contributed by atoms with van der Waals surface area (Å²) in [5.41, 5.74) is 1.59. The maximum absolute atomic E-state index is 8.22. The average molecular weight is 181 g/mol. The van der Waals surface area contributed by atoms with Crippen molar-refractivity contribution in [2.45, 2.75) is 13.3 Å². The van der Waals surface area contributed by atoms with Crippen LogP contribution in [0.1, 0.15) is 11.4 Å². The van der Waals surface area contributed by atoms with Gasteiger partial charge in [0.15, 0.2) is 0 Å². The third-order valence-corrected chi connectivity index (χ3v) is 1.45. The first-order chi connectivity index (χ1) is 6.26. The van der Waals surface area contributed by atoms with Gasteiger partial charge < -0.3 is 9.94 Å². The van der Waals surface area contributed by atoms with E-state index >= 15 is 0 Å². The van der Waals surface area contributed by atoms with E-state index in [0.29, 0.717) is 12.4 Å². The molecule has 5 nitrogen and oxygen atoms in total. The van der Waals surface area contributed by atoms with Crippen molar-refractivity contribution in [2.75, 3.05) is 7.11 Å². The normalized spacial score (nSPS) is 10.6. The lowest BCUT2D eigenvalue weighted by Gasteiger charge is -2.01. The smallest absolute Gasteiger partial charge is 0.316 e. The Morgan fingerprint density at radius 3 is 3.00 bits per heavy atom. The minimum absolute atomic E-state index is 0.335. The molecule has 0 saturated carbocycles. The van der Waals surface area contributed by atoms with E-state index in [-0.39, 0.29) is 0 Å². The minimum atomic E-state index is 0.335. The van der Waals surface area contributed by atoms with Crippen LogP contribution in [0.3, 0.4) is 0 Å². The molecule has 0 fully saturated rings. The van der Waals surface area contributed by atoms with Crippen molar-refractivity contribution in [2.24, 2.45) is 5.16 Å². The van der Waals surface area contributed by atoms with Gasteiger partial charge in [-0.15, -0.1) is 5.16 Å². The fourth-order valence-corrected chi connectivity index (χ4v) is 0.935. The van der Waals surface area contributed by atoms with E-state index in [1.165, 1.54) is 13.3 Å². The second-order valence-electron chi connectivity index (χ2n) is 2.49. The molecule has 0 saturated heterocycles. The van der Waals surface area contributed by atoms with Crippen LogP contribution >= 0.6 is 0 Å². The average Bonchev–Trinajstić information content (AvgIpc) is 2.14. The van der Waals surface area contributed by atoms with Crippen LogP contribution in [0.25, 0.3) is 0 Å². The van der Waals surface area contributed by atoms with Gasteiger partial charge in [0.1, 0.15) is 0 Å². The van der Waals surface area contributed by atoms with Crippen LogP contribution in [0.2, 0.25) is 0 Å². The summed E-state index contributed by atoms with van der Waals surface area (Å²) < 4.78 is 4.89. The highest BCUT2D eigenvalue weighted by molar-refractivity contribution is 5.59. The van der Waals surface area contributed by atoms with E-state index in [2.05, 4.69) is 15.1 Å². The highest BCUT2D eigenvalue weighted by Gasteiger charge is 2.00. The Morgan fingerprint density at radius 1 is 1.62 bits per heavy atom. The van der Waals surface area contributed by atoms with Crippen molar-refractivity contribution in [3.63, 3.8) is 0 Å². The Balaban J connectivity index is 2.87. The molecule has 70 valence electrons. The van der Waals surface area contributed by atoms with Gasteiger partial charge in [0.05, 0.1) is 12.8 Å². The van der Waals surface area contributed by atoms with Crippen LogP contribution in [0.5, 0.6) is 6.01 Å². The van der Waals surface area contributed by atoms with Crippen LogP contribution in [-0.4, -0.2) is 28.5 Å². The van der Waals surface area contributed by atoms with E-state index in [1.54, 1.807) is 0 Å². The van der Waals surface area contributed by atoms with Gasteiger partial charge in [-0.3, -0.25) is 0 Å². The number of aryl methyl sites for hydroxylation is 1. The summed E-state index contributed by atoms with van der Waals surface area (Å²) in [6.07, 6.45) is 1.83. The molecule has 1 rings (SSSR count). The highest BCUT2D eigenvalue weighted by atomic mass is 16.5. The van der Waals surface area contributed by atoms with Crippen molar-refractivity contribution < 1.29 is 9.94 Å². The number of hydrogen-bond donors (Lipinski definition) is 1. The number of nitrogens with zero attached hydrogens (tertiary/aromatic N) is 3. The second kappa shape index (κ2) is 4.39. The van der Waals surface area contributed by atoms with Crippen LogP contribution in [0.4, 0.5) is 0 Å². The fourth-order valence-electron chi connectivity index (χ4n) is 0.935. The summed E-state index contributed by atoms with van der Waals surface area (Å²) in [4.78, 5) is 8.07. The summed E-state index contributed by atoms with van der Waals surface area (Å²) in [5.74, 6) is 0. The zero-order chi connectivity index (χ0) is 9.68. The SMILES string of the molecule is COc1nc(C)cc(C/C=N\O)n1.